The molecule has 1 rings (SSSR count). The Bertz CT molecular complexity index is 446. The van der Waals surface area contributed by atoms with E-state index in [9.17, 15) is 20.0 Å². The lowest BCUT2D eigenvalue weighted by Crippen LogP contribution is -2.16. The number of aromatic hydroxyl groups is 1. The zero-order chi connectivity index (χ0) is 13.0. The number of nitrogens with zero attached hydrogens (tertiary/aromatic N) is 1. The first-order valence-electron chi connectivity index (χ1n) is 4.87. The first-order valence-corrected chi connectivity index (χ1v) is 4.87. The van der Waals surface area contributed by atoms with Crippen molar-refractivity contribution in [2.45, 2.75) is 12.3 Å². The van der Waals surface area contributed by atoms with Gasteiger partial charge in [0.05, 0.1) is 10.8 Å². The summed E-state index contributed by atoms with van der Waals surface area (Å²) in [5.41, 5.74) is 5.03. The van der Waals surface area contributed by atoms with Crippen molar-refractivity contribution in [1.82, 2.24) is 0 Å². The molecule has 1 atom stereocenters. The molecule has 1 aromatic rings. The standard InChI is InChI=1S/C10H12N2O5/c11-4-3-7(10(14)15)6-1-2-9(13)8(5-6)12(16)17/h1-2,5,7,13H,3-4,11H2,(H,14,15). The minimum Gasteiger partial charge on any atom is -0.502 e. The van der Waals surface area contributed by atoms with Gasteiger partial charge in [0.1, 0.15) is 0 Å². The number of rotatable bonds is 5. The highest BCUT2D eigenvalue weighted by Crippen LogP contribution is 2.30. The maximum atomic E-state index is 11.0. The van der Waals surface area contributed by atoms with Crippen LogP contribution in [0.4, 0.5) is 5.69 Å². The number of nitro benzene ring substituents is 1. The number of carbonyl (C=O) groups is 1. The van der Waals surface area contributed by atoms with Crippen molar-refractivity contribution < 1.29 is 19.9 Å². The van der Waals surface area contributed by atoms with E-state index in [0.29, 0.717) is 0 Å². The Morgan fingerprint density at radius 1 is 1.53 bits per heavy atom. The van der Waals surface area contributed by atoms with Crippen LogP contribution in [-0.4, -0.2) is 27.7 Å². The lowest BCUT2D eigenvalue weighted by molar-refractivity contribution is -0.385. The number of nitrogens with two attached hydrogens (primary N) is 1. The van der Waals surface area contributed by atoms with E-state index >= 15 is 0 Å². The van der Waals surface area contributed by atoms with Gasteiger partial charge in [-0.25, -0.2) is 0 Å². The number of hydrogen-bond acceptors (Lipinski definition) is 5. The van der Waals surface area contributed by atoms with Gasteiger partial charge in [0.2, 0.25) is 0 Å². The molecule has 0 aliphatic carbocycles. The molecule has 7 nitrogen and oxygen atoms in total. The summed E-state index contributed by atoms with van der Waals surface area (Å²) in [4.78, 5) is 20.8. The maximum Gasteiger partial charge on any atom is 0.311 e. The molecule has 17 heavy (non-hydrogen) atoms. The Hall–Kier alpha value is -2.15. The molecule has 1 unspecified atom stereocenters. The molecule has 0 heterocycles. The monoisotopic (exact) mass is 240 g/mol. The zero-order valence-electron chi connectivity index (χ0n) is 8.87. The third-order valence-electron chi connectivity index (χ3n) is 2.35. The van der Waals surface area contributed by atoms with Crippen LogP contribution in [0.3, 0.4) is 0 Å². The van der Waals surface area contributed by atoms with Crippen molar-refractivity contribution >= 4 is 11.7 Å². The second-order valence-corrected chi connectivity index (χ2v) is 3.47. The van der Waals surface area contributed by atoms with Gasteiger partial charge in [-0.2, -0.15) is 0 Å². The van der Waals surface area contributed by atoms with Crippen LogP contribution in [0, 0.1) is 10.1 Å². The number of phenols is 1. The molecule has 0 aromatic heterocycles. The van der Waals surface area contributed by atoms with E-state index in [1.54, 1.807) is 0 Å². The van der Waals surface area contributed by atoms with E-state index in [1.807, 2.05) is 0 Å². The molecule has 0 aliphatic heterocycles. The second kappa shape index (κ2) is 5.26. The summed E-state index contributed by atoms with van der Waals surface area (Å²) in [7, 11) is 0. The fourth-order valence-electron chi connectivity index (χ4n) is 1.50. The summed E-state index contributed by atoms with van der Waals surface area (Å²) in [6.07, 6.45) is 0.178. The van der Waals surface area contributed by atoms with Gasteiger partial charge >= 0.3 is 11.7 Å². The van der Waals surface area contributed by atoms with E-state index in [1.165, 1.54) is 6.07 Å². The average Bonchev–Trinajstić information content (AvgIpc) is 2.26. The van der Waals surface area contributed by atoms with Gasteiger partial charge < -0.3 is 15.9 Å². The summed E-state index contributed by atoms with van der Waals surface area (Å²) in [5, 5.41) is 28.8. The lowest BCUT2D eigenvalue weighted by atomic mass is 9.95. The van der Waals surface area contributed by atoms with Crippen molar-refractivity contribution in [2.24, 2.45) is 5.73 Å². The summed E-state index contributed by atoms with van der Waals surface area (Å²) in [5.74, 6) is -2.50. The first-order chi connectivity index (χ1) is 7.97. The van der Waals surface area contributed by atoms with Crippen LogP contribution < -0.4 is 5.73 Å². The van der Waals surface area contributed by atoms with Crippen molar-refractivity contribution in [3.8, 4) is 5.75 Å². The topological polar surface area (TPSA) is 127 Å². The minimum absolute atomic E-state index is 0.158. The van der Waals surface area contributed by atoms with Crippen molar-refractivity contribution in [2.75, 3.05) is 6.54 Å². The summed E-state index contributed by atoms with van der Waals surface area (Å²) < 4.78 is 0. The quantitative estimate of drug-likeness (QED) is 0.516. The predicted molar refractivity (Wildman–Crippen MR) is 58.8 cm³/mol. The Morgan fingerprint density at radius 3 is 2.65 bits per heavy atom. The lowest BCUT2D eigenvalue weighted by Gasteiger charge is -2.11. The number of nitro groups is 1. The number of phenolic OH excluding ortho intramolecular Hbond substituents is 1. The number of hydrogen-bond donors (Lipinski definition) is 3. The maximum absolute atomic E-state index is 11.0. The molecule has 0 saturated heterocycles. The van der Waals surface area contributed by atoms with Crippen LogP contribution >= 0.6 is 0 Å². The molecule has 4 N–H and O–H groups in total. The molecule has 0 radical (unpaired) electrons. The van der Waals surface area contributed by atoms with Gasteiger partial charge in [0.15, 0.2) is 5.75 Å². The van der Waals surface area contributed by atoms with Crippen LogP contribution in [0.5, 0.6) is 5.75 Å². The van der Waals surface area contributed by atoms with Gasteiger partial charge in [-0.05, 0) is 24.6 Å². The van der Waals surface area contributed by atoms with E-state index < -0.39 is 28.2 Å². The Morgan fingerprint density at radius 2 is 2.18 bits per heavy atom. The first kappa shape index (κ1) is 12.9. The zero-order valence-corrected chi connectivity index (χ0v) is 8.87. The molecule has 0 aliphatic rings. The van der Waals surface area contributed by atoms with Crippen LogP contribution in [0.25, 0.3) is 0 Å². The molecule has 7 heteroatoms. The number of carboxylic acid groups (broad SMARTS) is 1. The van der Waals surface area contributed by atoms with Crippen molar-refractivity contribution in [3.63, 3.8) is 0 Å². The molecule has 92 valence electrons. The predicted octanol–water partition coefficient (Wildman–Crippen LogP) is 0.817. The minimum atomic E-state index is -1.10. The SMILES string of the molecule is NCCC(C(=O)O)c1ccc(O)c([N+](=O)[O-])c1. The van der Waals surface area contributed by atoms with E-state index in [2.05, 4.69) is 0 Å². The Balaban J connectivity index is 3.16. The van der Waals surface area contributed by atoms with Crippen LogP contribution in [0.2, 0.25) is 0 Å². The molecular weight excluding hydrogens is 228 g/mol. The van der Waals surface area contributed by atoms with Crippen molar-refractivity contribution in [3.05, 3.63) is 33.9 Å². The summed E-state index contributed by atoms with van der Waals surface area (Å²) >= 11 is 0. The summed E-state index contributed by atoms with van der Waals surface area (Å²) in [6.45, 7) is 0.158. The highest BCUT2D eigenvalue weighted by atomic mass is 16.6. The highest BCUT2D eigenvalue weighted by Gasteiger charge is 2.23. The number of carboxylic acids is 1. The van der Waals surface area contributed by atoms with Gasteiger partial charge in [-0.3, -0.25) is 14.9 Å². The van der Waals surface area contributed by atoms with E-state index in [4.69, 9.17) is 10.8 Å². The fourth-order valence-corrected chi connectivity index (χ4v) is 1.50. The second-order valence-electron chi connectivity index (χ2n) is 3.47. The molecule has 0 amide bonds. The Labute approximate surface area is 96.6 Å². The molecular formula is C10H12N2O5. The number of benzene rings is 1. The van der Waals surface area contributed by atoms with Crippen LogP contribution in [0.15, 0.2) is 18.2 Å². The normalized spacial score (nSPS) is 12.1. The highest BCUT2D eigenvalue weighted by molar-refractivity contribution is 5.76. The van der Waals surface area contributed by atoms with Gasteiger partial charge in [0.25, 0.3) is 0 Å². The van der Waals surface area contributed by atoms with E-state index in [-0.39, 0.29) is 18.5 Å². The smallest absolute Gasteiger partial charge is 0.311 e. The van der Waals surface area contributed by atoms with Crippen molar-refractivity contribution in [1.29, 1.82) is 0 Å². The average molecular weight is 240 g/mol. The van der Waals surface area contributed by atoms with Crippen LogP contribution in [-0.2, 0) is 4.79 Å². The summed E-state index contributed by atoms with van der Waals surface area (Å²) in [6, 6.07) is 3.51. The molecule has 0 spiro atoms. The molecule has 0 bridgehead atoms. The largest absolute Gasteiger partial charge is 0.502 e. The Kier molecular flexibility index (Phi) is 4.00. The third kappa shape index (κ3) is 2.91. The number of aliphatic carboxylic acids is 1. The van der Waals surface area contributed by atoms with Gasteiger partial charge in [-0.1, -0.05) is 6.07 Å². The fraction of sp³-hybridized carbons (Fsp3) is 0.300. The van der Waals surface area contributed by atoms with Crippen LogP contribution in [0.1, 0.15) is 17.9 Å². The van der Waals surface area contributed by atoms with Gasteiger partial charge in [-0.15, -0.1) is 0 Å². The third-order valence-corrected chi connectivity index (χ3v) is 2.35. The van der Waals surface area contributed by atoms with E-state index in [0.717, 1.165) is 12.1 Å². The van der Waals surface area contributed by atoms with Gasteiger partial charge in [0, 0.05) is 6.07 Å². The molecule has 1 aromatic carbocycles. The molecule has 0 saturated carbocycles. The molecule has 0 fully saturated rings.